The molecule has 5 heteroatoms. The fourth-order valence-electron chi connectivity index (χ4n) is 1.82. The van der Waals surface area contributed by atoms with Crippen LogP contribution in [0.5, 0.6) is 0 Å². The number of carbonyl (C=O) groups is 1. The van der Waals surface area contributed by atoms with E-state index in [2.05, 4.69) is 4.98 Å². The van der Waals surface area contributed by atoms with Crippen molar-refractivity contribution in [3.05, 3.63) is 51.7 Å². The van der Waals surface area contributed by atoms with Crippen LogP contribution >= 0.6 is 11.3 Å². The van der Waals surface area contributed by atoms with E-state index < -0.39 is 5.97 Å². The lowest BCUT2D eigenvalue weighted by Crippen LogP contribution is -2.18. The Balaban J connectivity index is 2.30. The van der Waals surface area contributed by atoms with Crippen molar-refractivity contribution in [1.29, 1.82) is 0 Å². The molecule has 0 bridgehead atoms. The van der Waals surface area contributed by atoms with Gasteiger partial charge in [0, 0.05) is 10.8 Å². The smallest absolute Gasteiger partial charge is 0.309 e. The maximum atomic E-state index is 12.9. The zero-order chi connectivity index (χ0) is 14.0. The van der Waals surface area contributed by atoms with Crippen LogP contribution in [0, 0.1) is 5.82 Å². The van der Waals surface area contributed by atoms with Gasteiger partial charge in [-0.2, -0.15) is 0 Å². The van der Waals surface area contributed by atoms with Crippen molar-refractivity contribution in [2.75, 3.05) is 0 Å². The highest BCUT2D eigenvalue weighted by molar-refractivity contribution is 7.09. The average molecular weight is 279 g/mol. The van der Waals surface area contributed by atoms with E-state index in [1.165, 1.54) is 23.5 Å². The Bertz CT molecular complexity index is 590. The highest BCUT2D eigenvalue weighted by Crippen LogP contribution is 2.33. The van der Waals surface area contributed by atoms with Gasteiger partial charge in [-0.15, -0.1) is 11.3 Å². The summed E-state index contributed by atoms with van der Waals surface area (Å²) in [6, 6.07) is 6.30. The SMILES string of the molecule is CC(C)(c1ccc(F)cc1)c1nc(CC(=O)O)cs1. The third kappa shape index (κ3) is 2.98. The number of rotatable bonds is 4. The molecule has 100 valence electrons. The molecule has 0 aliphatic heterocycles. The third-order valence-electron chi connectivity index (χ3n) is 2.98. The first-order valence-corrected chi connectivity index (χ1v) is 6.70. The first-order chi connectivity index (χ1) is 8.89. The quantitative estimate of drug-likeness (QED) is 0.934. The van der Waals surface area contributed by atoms with Crippen LogP contribution in [0.3, 0.4) is 0 Å². The third-order valence-corrected chi connectivity index (χ3v) is 4.20. The number of nitrogens with zero attached hydrogens (tertiary/aromatic N) is 1. The van der Waals surface area contributed by atoms with Crippen molar-refractivity contribution in [2.45, 2.75) is 25.7 Å². The number of benzene rings is 1. The predicted molar refractivity (Wildman–Crippen MR) is 72.0 cm³/mol. The highest BCUT2D eigenvalue weighted by Gasteiger charge is 2.26. The van der Waals surface area contributed by atoms with Crippen LogP contribution in [-0.2, 0) is 16.6 Å². The number of hydrogen-bond donors (Lipinski definition) is 1. The van der Waals surface area contributed by atoms with Gasteiger partial charge in [0.2, 0.25) is 0 Å². The Morgan fingerprint density at radius 3 is 2.58 bits per heavy atom. The van der Waals surface area contributed by atoms with Crippen LogP contribution < -0.4 is 0 Å². The van der Waals surface area contributed by atoms with Gasteiger partial charge in [-0.05, 0) is 31.5 Å². The summed E-state index contributed by atoms with van der Waals surface area (Å²) in [6.07, 6.45) is -0.0734. The van der Waals surface area contributed by atoms with Crippen molar-refractivity contribution >= 4 is 17.3 Å². The van der Waals surface area contributed by atoms with E-state index >= 15 is 0 Å². The van der Waals surface area contributed by atoms with E-state index in [0.717, 1.165) is 10.6 Å². The van der Waals surface area contributed by atoms with E-state index in [-0.39, 0.29) is 17.7 Å². The van der Waals surface area contributed by atoms with E-state index in [1.54, 1.807) is 17.5 Å². The second-order valence-corrected chi connectivity index (χ2v) is 5.70. The van der Waals surface area contributed by atoms with Crippen molar-refractivity contribution in [1.82, 2.24) is 4.98 Å². The van der Waals surface area contributed by atoms with Gasteiger partial charge >= 0.3 is 5.97 Å². The fourth-order valence-corrected chi connectivity index (χ4v) is 2.79. The van der Waals surface area contributed by atoms with Gasteiger partial charge < -0.3 is 5.11 Å². The van der Waals surface area contributed by atoms with Crippen LogP contribution in [-0.4, -0.2) is 16.1 Å². The van der Waals surface area contributed by atoms with Crippen LogP contribution in [0.4, 0.5) is 4.39 Å². The molecular weight excluding hydrogens is 265 g/mol. The van der Waals surface area contributed by atoms with Gasteiger partial charge in [0.05, 0.1) is 12.1 Å². The maximum absolute atomic E-state index is 12.9. The summed E-state index contributed by atoms with van der Waals surface area (Å²) in [4.78, 5) is 15.0. The summed E-state index contributed by atoms with van der Waals surface area (Å²) in [6.45, 7) is 3.98. The molecule has 0 radical (unpaired) electrons. The monoisotopic (exact) mass is 279 g/mol. The molecule has 0 aliphatic carbocycles. The Hall–Kier alpha value is -1.75. The lowest BCUT2D eigenvalue weighted by atomic mass is 9.85. The molecule has 2 rings (SSSR count). The zero-order valence-corrected chi connectivity index (χ0v) is 11.5. The molecule has 1 heterocycles. The number of aliphatic carboxylic acids is 1. The lowest BCUT2D eigenvalue weighted by molar-refractivity contribution is -0.136. The highest BCUT2D eigenvalue weighted by atomic mass is 32.1. The molecule has 3 nitrogen and oxygen atoms in total. The molecule has 1 aromatic carbocycles. The summed E-state index contributed by atoms with van der Waals surface area (Å²) in [5, 5.41) is 11.3. The minimum Gasteiger partial charge on any atom is -0.481 e. The van der Waals surface area contributed by atoms with Gasteiger partial charge in [0.25, 0.3) is 0 Å². The molecule has 2 aromatic rings. The van der Waals surface area contributed by atoms with Crippen LogP contribution in [0.2, 0.25) is 0 Å². The van der Waals surface area contributed by atoms with Crippen molar-refractivity contribution < 1.29 is 14.3 Å². The Labute approximate surface area is 114 Å². The molecule has 0 atom stereocenters. The molecule has 19 heavy (non-hydrogen) atoms. The molecule has 0 unspecified atom stereocenters. The summed E-state index contributed by atoms with van der Waals surface area (Å²) in [5.74, 6) is -1.17. The Morgan fingerprint density at radius 2 is 2.00 bits per heavy atom. The molecule has 0 amide bonds. The minimum absolute atomic E-state index is 0.0734. The van der Waals surface area contributed by atoms with E-state index in [9.17, 15) is 9.18 Å². The van der Waals surface area contributed by atoms with E-state index in [1.807, 2.05) is 13.8 Å². The molecular formula is C14H14FNO2S. The number of carboxylic acids is 1. The summed E-state index contributed by atoms with van der Waals surface area (Å²) in [7, 11) is 0. The Morgan fingerprint density at radius 1 is 1.37 bits per heavy atom. The first kappa shape index (κ1) is 13.7. The number of halogens is 1. The fraction of sp³-hybridized carbons (Fsp3) is 0.286. The number of aromatic nitrogens is 1. The van der Waals surface area contributed by atoms with Crippen molar-refractivity contribution in [2.24, 2.45) is 0 Å². The standard InChI is InChI=1S/C14H14FNO2S/c1-14(2,9-3-5-10(15)6-4-9)13-16-11(8-19-13)7-12(17)18/h3-6,8H,7H2,1-2H3,(H,17,18). The summed E-state index contributed by atoms with van der Waals surface area (Å²) >= 11 is 1.43. The summed E-state index contributed by atoms with van der Waals surface area (Å²) < 4.78 is 12.9. The second-order valence-electron chi connectivity index (χ2n) is 4.85. The molecule has 1 aromatic heterocycles. The number of thiazole rings is 1. The largest absolute Gasteiger partial charge is 0.481 e. The van der Waals surface area contributed by atoms with Crippen LogP contribution in [0.1, 0.15) is 30.1 Å². The normalized spacial score (nSPS) is 11.5. The maximum Gasteiger partial charge on any atom is 0.309 e. The summed E-state index contributed by atoms with van der Waals surface area (Å²) in [5.41, 5.74) is 1.14. The van der Waals surface area contributed by atoms with Gasteiger partial charge in [-0.1, -0.05) is 12.1 Å². The minimum atomic E-state index is -0.892. The predicted octanol–water partition coefficient (Wildman–Crippen LogP) is 3.24. The van der Waals surface area contributed by atoms with Crippen LogP contribution in [0.15, 0.2) is 29.6 Å². The Kier molecular flexibility index (Phi) is 3.66. The average Bonchev–Trinajstić information content (AvgIpc) is 2.78. The van der Waals surface area contributed by atoms with Crippen molar-refractivity contribution in [3.63, 3.8) is 0 Å². The molecule has 0 aliphatic rings. The van der Waals surface area contributed by atoms with Gasteiger partial charge in [-0.25, -0.2) is 9.37 Å². The van der Waals surface area contributed by atoms with E-state index in [0.29, 0.717) is 5.69 Å². The van der Waals surface area contributed by atoms with Gasteiger partial charge in [0.15, 0.2) is 0 Å². The zero-order valence-electron chi connectivity index (χ0n) is 10.7. The van der Waals surface area contributed by atoms with Gasteiger partial charge in [0.1, 0.15) is 10.8 Å². The van der Waals surface area contributed by atoms with Gasteiger partial charge in [-0.3, -0.25) is 4.79 Å². The number of carboxylic acid groups (broad SMARTS) is 1. The first-order valence-electron chi connectivity index (χ1n) is 5.82. The molecule has 0 saturated heterocycles. The second kappa shape index (κ2) is 5.09. The lowest BCUT2D eigenvalue weighted by Gasteiger charge is -2.22. The molecule has 0 saturated carbocycles. The van der Waals surface area contributed by atoms with E-state index in [4.69, 9.17) is 5.11 Å². The van der Waals surface area contributed by atoms with Crippen LogP contribution in [0.25, 0.3) is 0 Å². The van der Waals surface area contributed by atoms with Crippen molar-refractivity contribution in [3.8, 4) is 0 Å². The molecule has 0 spiro atoms. The molecule has 0 fully saturated rings. The topological polar surface area (TPSA) is 50.2 Å². The molecule has 1 N–H and O–H groups in total. The number of hydrogen-bond acceptors (Lipinski definition) is 3.